The lowest BCUT2D eigenvalue weighted by Gasteiger charge is -2.15. The van der Waals surface area contributed by atoms with Crippen molar-refractivity contribution in [1.29, 1.82) is 0 Å². The largest absolute Gasteiger partial charge is 0.480 e. The van der Waals surface area contributed by atoms with Crippen LogP contribution in [0, 0.1) is 0 Å². The molecule has 138 valence electrons. The van der Waals surface area contributed by atoms with Gasteiger partial charge in [-0.05, 0) is 12.1 Å². The average Bonchev–Trinajstić information content (AvgIpc) is 3.39. The van der Waals surface area contributed by atoms with Crippen molar-refractivity contribution in [3.63, 3.8) is 0 Å². The average molecular weight is 367 g/mol. The smallest absolute Gasteiger partial charge is 0.276 e. The molecule has 1 unspecified atom stereocenters. The van der Waals surface area contributed by atoms with E-state index in [1.54, 1.807) is 41.6 Å². The van der Waals surface area contributed by atoms with E-state index in [1.165, 1.54) is 7.11 Å². The van der Waals surface area contributed by atoms with Crippen LogP contribution in [0.2, 0.25) is 0 Å². The Morgan fingerprint density at radius 3 is 2.85 bits per heavy atom. The lowest BCUT2D eigenvalue weighted by atomic mass is 10.2. The fourth-order valence-corrected chi connectivity index (χ4v) is 2.84. The van der Waals surface area contributed by atoms with Gasteiger partial charge in [0, 0.05) is 49.1 Å². The zero-order chi connectivity index (χ0) is 18.6. The predicted molar refractivity (Wildman–Crippen MR) is 93.3 cm³/mol. The Morgan fingerprint density at radius 1 is 1.26 bits per heavy atom. The molecule has 0 aliphatic carbocycles. The Hall–Kier alpha value is -3.49. The normalized spacial score (nSPS) is 16.3. The summed E-state index contributed by atoms with van der Waals surface area (Å²) in [5.74, 6) is 1.13. The third kappa shape index (κ3) is 3.71. The molecule has 1 aliphatic rings. The van der Waals surface area contributed by atoms with E-state index in [1.807, 2.05) is 6.07 Å². The van der Waals surface area contributed by atoms with Crippen LogP contribution in [-0.4, -0.2) is 57.4 Å². The molecule has 3 aromatic rings. The van der Waals surface area contributed by atoms with Crippen LogP contribution >= 0.6 is 0 Å². The van der Waals surface area contributed by atoms with Crippen LogP contribution in [0.5, 0.6) is 11.8 Å². The van der Waals surface area contributed by atoms with Crippen LogP contribution < -0.4 is 9.47 Å². The van der Waals surface area contributed by atoms with E-state index in [-0.39, 0.29) is 17.7 Å². The summed E-state index contributed by atoms with van der Waals surface area (Å²) in [7, 11) is 1.52. The van der Waals surface area contributed by atoms with Gasteiger partial charge in [-0.1, -0.05) is 5.16 Å². The van der Waals surface area contributed by atoms with Crippen LogP contribution in [0.15, 0.2) is 47.2 Å². The molecule has 1 amide bonds. The molecule has 4 rings (SSSR count). The molecule has 9 nitrogen and oxygen atoms in total. The minimum absolute atomic E-state index is 0.152. The number of carbonyl (C=O) groups excluding carboxylic acids is 1. The number of ether oxygens (including phenoxy) is 2. The molecule has 0 N–H and O–H groups in total. The highest BCUT2D eigenvalue weighted by atomic mass is 16.5. The van der Waals surface area contributed by atoms with Crippen molar-refractivity contribution < 1.29 is 18.8 Å². The number of pyridine rings is 1. The zero-order valence-corrected chi connectivity index (χ0v) is 14.6. The highest BCUT2D eigenvalue weighted by molar-refractivity contribution is 5.93. The lowest BCUT2D eigenvalue weighted by molar-refractivity contribution is 0.0760. The van der Waals surface area contributed by atoms with Crippen molar-refractivity contribution in [2.45, 2.75) is 12.5 Å². The number of amides is 1. The third-order valence-electron chi connectivity index (χ3n) is 4.22. The van der Waals surface area contributed by atoms with E-state index in [0.29, 0.717) is 37.0 Å². The van der Waals surface area contributed by atoms with Gasteiger partial charge in [0.25, 0.3) is 5.91 Å². The molecule has 4 heterocycles. The van der Waals surface area contributed by atoms with Crippen LogP contribution in [0.1, 0.15) is 16.9 Å². The van der Waals surface area contributed by atoms with Crippen LogP contribution in [0.4, 0.5) is 0 Å². The fourth-order valence-electron chi connectivity index (χ4n) is 2.84. The second-order valence-corrected chi connectivity index (χ2v) is 6.01. The first-order valence-electron chi connectivity index (χ1n) is 8.43. The first-order valence-corrected chi connectivity index (χ1v) is 8.43. The lowest BCUT2D eigenvalue weighted by Crippen LogP contribution is -2.31. The molecule has 0 bridgehead atoms. The summed E-state index contributed by atoms with van der Waals surface area (Å²) < 4.78 is 16.0. The number of hydrogen-bond donors (Lipinski definition) is 0. The Bertz CT molecular complexity index is 913. The number of methoxy groups -OCH3 is 1. The summed E-state index contributed by atoms with van der Waals surface area (Å²) in [6.07, 6.45) is 3.88. The summed E-state index contributed by atoms with van der Waals surface area (Å²) in [6.45, 7) is 1.02. The van der Waals surface area contributed by atoms with Gasteiger partial charge in [0.2, 0.25) is 11.8 Å². The maximum atomic E-state index is 12.7. The second-order valence-electron chi connectivity index (χ2n) is 6.01. The minimum atomic E-state index is -0.194. The Labute approximate surface area is 154 Å². The van der Waals surface area contributed by atoms with E-state index in [9.17, 15) is 4.79 Å². The number of nitrogens with zero attached hydrogens (tertiary/aromatic N) is 5. The molecule has 1 fully saturated rings. The Balaban J connectivity index is 1.38. The predicted octanol–water partition coefficient (Wildman–Crippen LogP) is 1.83. The van der Waals surface area contributed by atoms with Gasteiger partial charge in [0.1, 0.15) is 6.10 Å². The molecular formula is C18H17N5O4. The molecule has 1 saturated heterocycles. The topological polar surface area (TPSA) is 103 Å². The Morgan fingerprint density at radius 2 is 2.11 bits per heavy atom. The first-order chi connectivity index (χ1) is 13.2. The molecule has 0 aromatic carbocycles. The molecule has 0 radical (unpaired) electrons. The van der Waals surface area contributed by atoms with Crippen LogP contribution in [0.3, 0.4) is 0 Å². The first kappa shape index (κ1) is 17.0. The van der Waals surface area contributed by atoms with Gasteiger partial charge in [0.05, 0.1) is 13.7 Å². The van der Waals surface area contributed by atoms with Crippen molar-refractivity contribution in [2.75, 3.05) is 20.2 Å². The molecule has 3 aromatic heterocycles. The summed E-state index contributed by atoms with van der Waals surface area (Å²) in [5.41, 5.74) is 1.03. The van der Waals surface area contributed by atoms with Crippen molar-refractivity contribution >= 4 is 5.91 Å². The highest BCUT2D eigenvalue weighted by Crippen LogP contribution is 2.22. The van der Waals surface area contributed by atoms with Crippen LogP contribution in [-0.2, 0) is 0 Å². The maximum absolute atomic E-state index is 12.7. The quantitative estimate of drug-likeness (QED) is 0.673. The zero-order valence-electron chi connectivity index (χ0n) is 14.6. The van der Waals surface area contributed by atoms with Gasteiger partial charge in [-0.15, -0.1) is 10.2 Å². The number of likely N-dealkylation sites (tertiary alicyclic amines) is 1. The number of hydrogen-bond acceptors (Lipinski definition) is 8. The summed E-state index contributed by atoms with van der Waals surface area (Å²) in [4.78, 5) is 18.4. The molecule has 1 aliphatic heterocycles. The number of rotatable bonds is 5. The molecule has 9 heteroatoms. The molecule has 0 saturated carbocycles. The van der Waals surface area contributed by atoms with Crippen molar-refractivity contribution in [3.8, 4) is 23.1 Å². The van der Waals surface area contributed by atoms with Crippen molar-refractivity contribution in [2.24, 2.45) is 0 Å². The Kier molecular flexibility index (Phi) is 4.65. The standard InChI is InChI=1S/C18H17N5O4/c1-25-16-4-5-17(21-20-16)26-13-6-8-23(11-13)18(24)14-9-15(27-22-14)12-3-2-7-19-10-12/h2-5,7,9-10,13H,6,8,11H2,1H3. The van der Waals surface area contributed by atoms with E-state index in [0.717, 1.165) is 5.56 Å². The molecule has 27 heavy (non-hydrogen) atoms. The van der Waals surface area contributed by atoms with E-state index >= 15 is 0 Å². The fraction of sp³-hybridized carbons (Fsp3) is 0.278. The van der Waals surface area contributed by atoms with Gasteiger partial charge in [-0.3, -0.25) is 9.78 Å². The maximum Gasteiger partial charge on any atom is 0.276 e. The monoisotopic (exact) mass is 367 g/mol. The second kappa shape index (κ2) is 7.40. The van der Waals surface area contributed by atoms with Gasteiger partial charge in [0.15, 0.2) is 11.5 Å². The minimum Gasteiger partial charge on any atom is -0.480 e. The van der Waals surface area contributed by atoms with E-state index < -0.39 is 0 Å². The molecule has 1 atom stereocenters. The molecule has 0 spiro atoms. The summed E-state index contributed by atoms with van der Waals surface area (Å²) in [6, 6.07) is 8.63. The van der Waals surface area contributed by atoms with Crippen LogP contribution in [0.25, 0.3) is 11.3 Å². The van der Waals surface area contributed by atoms with E-state index in [4.69, 9.17) is 14.0 Å². The van der Waals surface area contributed by atoms with Crippen molar-refractivity contribution in [1.82, 2.24) is 25.2 Å². The van der Waals surface area contributed by atoms with Gasteiger partial charge < -0.3 is 18.9 Å². The SMILES string of the molecule is COc1ccc(OC2CCN(C(=O)c3cc(-c4cccnc4)on3)C2)nn1. The number of aromatic nitrogens is 4. The summed E-state index contributed by atoms with van der Waals surface area (Å²) in [5, 5.41) is 11.7. The van der Waals surface area contributed by atoms with E-state index in [2.05, 4.69) is 20.3 Å². The van der Waals surface area contributed by atoms with Gasteiger partial charge in [-0.25, -0.2) is 0 Å². The van der Waals surface area contributed by atoms with Gasteiger partial charge in [-0.2, -0.15) is 0 Å². The third-order valence-corrected chi connectivity index (χ3v) is 4.22. The van der Waals surface area contributed by atoms with Gasteiger partial charge >= 0.3 is 0 Å². The number of carbonyl (C=O) groups is 1. The summed E-state index contributed by atoms with van der Waals surface area (Å²) >= 11 is 0. The van der Waals surface area contributed by atoms with Crippen molar-refractivity contribution in [3.05, 3.63) is 48.4 Å². The molecular weight excluding hydrogens is 350 g/mol. The highest BCUT2D eigenvalue weighted by Gasteiger charge is 2.30.